The number of rotatable bonds is 7. The molecule has 20 heavy (non-hydrogen) atoms. The zero-order chi connectivity index (χ0) is 14.2. The standard InChI is InChI=1S/C14H23BrN4O/c1-2-16-13-12(15)14(19-10-18-13)17-8-9-20-11-6-4-3-5-7-11/h10-11H,2-9H2,1H3,(H2,16,17,18,19). The summed E-state index contributed by atoms with van der Waals surface area (Å²) in [7, 11) is 0. The molecule has 1 heterocycles. The van der Waals surface area contributed by atoms with Crippen molar-refractivity contribution >= 4 is 27.6 Å². The van der Waals surface area contributed by atoms with E-state index in [-0.39, 0.29) is 0 Å². The molecule has 0 amide bonds. The van der Waals surface area contributed by atoms with E-state index in [2.05, 4.69) is 36.5 Å². The van der Waals surface area contributed by atoms with Gasteiger partial charge in [0.1, 0.15) is 22.4 Å². The van der Waals surface area contributed by atoms with Gasteiger partial charge in [-0.15, -0.1) is 0 Å². The van der Waals surface area contributed by atoms with Gasteiger partial charge in [-0.25, -0.2) is 9.97 Å². The number of hydrogen-bond acceptors (Lipinski definition) is 5. The molecule has 5 nitrogen and oxygen atoms in total. The Kier molecular flexibility index (Phi) is 6.53. The largest absolute Gasteiger partial charge is 0.376 e. The average molecular weight is 343 g/mol. The second-order valence-electron chi connectivity index (χ2n) is 4.97. The zero-order valence-corrected chi connectivity index (χ0v) is 13.6. The lowest BCUT2D eigenvalue weighted by Gasteiger charge is -2.22. The molecule has 0 aromatic carbocycles. The molecule has 0 bridgehead atoms. The predicted octanol–water partition coefficient (Wildman–Crippen LogP) is 3.43. The molecule has 1 aromatic rings. The highest BCUT2D eigenvalue weighted by atomic mass is 79.9. The molecule has 0 unspecified atom stereocenters. The highest BCUT2D eigenvalue weighted by Crippen LogP contribution is 2.26. The third-order valence-corrected chi connectivity index (χ3v) is 4.19. The van der Waals surface area contributed by atoms with E-state index in [1.807, 2.05) is 6.92 Å². The van der Waals surface area contributed by atoms with Crippen LogP contribution in [0.15, 0.2) is 10.8 Å². The van der Waals surface area contributed by atoms with Crippen molar-refractivity contribution in [3.05, 3.63) is 10.8 Å². The van der Waals surface area contributed by atoms with E-state index in [0.29, 0.717) is 6.10 Å². The van der Waals surface area contributed by atoms with Gasteiger partial charge in [0.15, 0.2) is 0 Å². The summed E-state index contributed by atoms with van der Waals surface area (Å²) < 4.78 is 6.76. The fraction of sp³-hybridized carbons (Fsp3) is 0.714. The molecule has 0 atom stereocenters. The molecule has 2 N–H and O–H groups in total. The van der Waals surface area contributed by atoms with E-state index in [0.717, 1.165) is 35.8 Å². The van der Waals surface area contributed by atoms with Crippen molar-refractivity contribution in [1.82, 2.24) is 9.97 Å². The van der Waals surface area contributed by atoms with Crippen molar-refractivity contribution in [2.75, 3.05) is 30.3 Å². The first kappa shape index (κ1) is 15.5. The van der Waals surface area contributed by atoms with Crippen molar-refractivity contribution < 1.29 is 4.74 Å². The van der Waals surface area contributed by atoms with E-state index in [4.69, 9.17) is 4.74 Å². The third-order valence-electron chi connectivity index (χ3n) is 3.43. The SMILES string of the molecule is CCNc1ncnc(NCCOC2CCCCC2)c1Br. The molecule has 112 valence electrons. The molecule has 1 aliphatic rings. The Morgan fingerprint density at radius 2 is 1.90 bits per heavy atom. The van der Waals surface area contributed by atoms with Crippen molar-refractivity contribution in [3.8, 4) is 0 Å². The van der Waals surface area contributed by atoms with Crippen LogP contribution in [0.5, 0.6) is 0 Å². The minimum Gasteiger partial charge on any atom is -0.376 e. The predicted molar refractivity (Wildman–Crippen MR) is 85.2 cm³/mol. The zero-order valence-electron chi connectivity index (χ0n) is 12.0. The smallest absolute Gasteiger partial charge is 0.146 e. The van der Waals surface area contributed by atoms with Crippen LogP contribution in [0.2, 0.25) is 0 Å². The first-order valence-corrected chi connectivity index (χ1v) is 8.20. The molecule has 1 aliphatic carbocycles. The van der Waals surface area contributed by atoms with Crippen LogP contribution in [0.4, 0.5) is 11.6 Å². The van der Waals surface area contributed by atoms with E-state index >= 15 is 0 Å². The molecule has 2 rings (SSSR count). The first-order chi connectivity index (χ1) is 9.81. The summed E-state index contributed by atoms with van der Waals surface area (Å²) >= 11 is 3.52. The molecule has 0 radical (unpaired) electrons. The Bertz CT molecular complexity index is 410. The van der Waals surface area contributed by atoms with Gasteiger partial charge in [-0.2, -0.15) is 0 Å². The van der Waals surface area contributed by atoms with Crippen LogP contribution in [0, 0.1) is 0 Å². The molecule has 0 spiro atoms. The Balaban J connectivity index is 1.74. The highest BCUT2D eigenvalue weighted by Gasteiger charge is 2.13. The molecule has 1 saturated carbocycles. The third kappa shape index (κ3) is 4.59. The lowest BCUT2D eigenvalue weighted by Crippen LogP contribution is -2.21. The summed E-state index contributed by atoms with van der Waals surface area (Å²) in [6, 6.07) is 0. The maximum atomic E-state index is 5.89. The normalized spacial score (nSPS) is 16.1. The topological polar surface area (TPSA) is 59.1 Å². The number of anilines is 2. The first-order valence-electron chi connectivity index (χ1n) is 7.41. The van der Waals surface area contributed by atoms with Crippen molar-refractivity contribution in [3.63, 3.8) is 0 Å². The van der Waals surface area contributed by atoms with Gasteiger partial charge in [-0.05, 0) is 35.7 Å². The van der Waals surface area contributed by atoms with Crippen LogP contribution in [0.3, 0.4) is 0 Å². The monoisotopic (exact) mass is 342 g/mol. The minimum absolute atomic E-state index is 0.455. The van der Waals surface area contributed by atoms with E-state index in [1.54, 1.807) is 6.33 Å². The summed E-state index contributed by atoms with van der Waals surface area (Å²) in [6.07, 6.45) is 8.41. The molecular weight excluding hydrogens is 320 g/mol. The number of nitrogens with zero attached hydrogens (tertiary/aromatic N) is 2. The molecule has 1 aromatic heterocycles. The average Bonchev–Trinajstić information content (AvgIpc) is 2.48. The summed E-state index contributed by atoms with van der Waals surface area (Å²) in [5, 5.41) is 6.48. The maximum Gasteiger partial charge on any atom is 0.146 e. The van der Waals surface area contributed by atoms with Crippen LogP contribution in [0.1, 0.15) is 39.0 Å². The number of aromatic nitrogens is 2. The van der Waals surface area contributed by atoms with Crippen molar-refractivity contribution in [2.45, 2.75) is 45.1 Å². The number of ether oxygens (including phenoxy) is 1. The van der Waals surface area contributed by atoms with Crippen molar-refractivity contribution in [2.24, 2.45) is 0 Å². The second kappa shape index (κ2) is 8.42. The van der Waals surface area contributed by atoms with Gasteiger partial charge in [0.05, 0.1) is 12.7 Å². The summed E-state index contributed by atoms with van der Waals surface area (Å²) in [4.78, 5) is 8.43. The molecular formula is C14H23BrN4O. The van der Waals surface area contributed by atoms with Gasteiger partial charge in [-0.1, -0.05) is 19.3 Å². The van der Waals surface area contributed by atoms with Crippen molar-refractivity contribution in [1.29, 1.82) is 0 Å². The van der Waals surface area contributed by atoms with Crippen LogP contribution >= 0.6 is 15.9 Å². The molecule has 0 saturated heterocycles. The van der Waals surface area contributed by atoms with Crippen LogP contribution < -0.4 is 10.6 Å². The van der Waals surface area contributed by atoms with E-state index < -0.39 is 0 Å². The van der Waals surface area contributed by atoms with Gasteiger partial charge in [0.25, 0.3) is 0 Å². The molecule has 1 fully saturated rings. The fourth-order valence-corrected chi connectivity index (χ4v) is 2.90. The Hall–Kier alpha value is -0.880. The fourth-order valence-electron chi connectivity index (χ4n) is 2.41. The maximum absolute atomic E-state index is 5.89. The van der Waals surface area contributed by atoms with Gasteiger partial charge in [-0.3, -0.25) is 0 Å². The van der Waals surface area contributed by atoms with E-state index in [9.17, 15) is 0 Å². The second-order valence-corrected chi connectivity index (χ2v) is 5.77. The Morgan fingerprint density at radius 1 is 1.20 bits per heavy atom. The van der Waals surface area contributed by atoms with Gasteiger partial charge in [0, 0.05) is 13.1 Å². The lowest BCUT2D eigenvalue weighted by atomic mass is 9.98. The Labute approximate surface area is 129 Å². The van der Waals surface area contributed by atoms with Gasteiger partial charge in [0.2, 0.25) is 0 Å². The summed E-state index contributed by atoms with van der Waals surface area (Å²) in [6.45, 7) is 4.36. The van der Waals surface area contributed by atoms with Gasteiger partial charge >= 0.3 is 0 Å². The van der Waals surface area contributed by atoms with Gasteiger partial charge < -0.3 is 15.4 Å². The van der Waals surface area contributed by atoms with Crippen LogP contribution in [0.25, 0.3) is 0 Å². The van der Waals surface area contributed by atoms with Crippen LogP contribution in [-0.4, -0.2) is 35.8 Å². The number of halogens is 1. The minimum atomic E-state index is 0.455. The Morgan fingerprint density at radius 3 is 2.60 bits per heavy atom. The molecule has 6 heteroatoms. The summed E-state index contributed by atoms with van der Waals surface area (Å²) in [5.74, 6) is 1.63. The lowest BCUT2D eigenvalue weighted by molar-refractivity contribution is 0.0347. The quantitative estimate of drug-likeness (QED) is 0.743. The molecule has 0 aliphatic heterocycles. The summed E-state index contributed by atoms with van der Waals surface area (Å²) in [5.41, 5.74) is 0. The number of hydrogen-bond donors (Lipinski definition) is 2. The number of nitrogens with one attached hydrogen (secondary N) is 2. The highest BCUT2D eigenvalue weighted by molar-refractivity contribution is 9.10. The van der Waals surface area contributed by atoms with E-state index in [1.165, 1.54) is 32.1 Å². The van der Waals surface area contributed by atoms with Crippen LogP contribution in [-0.2, 0) is 4.74 Å².